The second-order valence-electron chi connectivity index (χ2n) is 1.29. The van der Waals surface area contributed by atoms with E-state index in [4.69, 9.17) is 5.73 Å². The molecule has 0 spiro atoms. The molecule has 0 saturated carbocycles. The van der Waals surface area contributed by atoms with Crippen molar-refractivity contribution in [2.24, 2.45) is 5.73 Å². The maximum absolute atomic E-state index is 9.67. The van der Waals surface area contributed by atoms with Crippen LogP contribution in [0.2, 0.25) is 0 Å². The normalized spacial score (nSPS) is 13.4. The van der Waals surface area contributed by atoms with Gasteiger partial charge in [-0.15, -0.1) is 0 Å². The average molecular weight is 119 g/mol. The minimum absolute atomic E-state index is 0.0532. The highest BCUT2D eigenvalue weighted by Crippen LogP contribution is 1.93. The van der Waals surface area contributed by atoms with Gasteiger partial charge in [0.15, 0.2) is 0 Å². The fraction of sp³-hybridized carbons (Fsp3) is 0.750. The van der Waals surface area contributed by atoms with Gasteiger partial charge in [0, 0.05) is 18.2 Å². The van der Waals surface area contributed by atoms with Crippen molar-refractivity contribution in [2.45, 2.75) is 11.7 Å². The molecule has 0 rings (SSSR count). The molecule has 0 radical (unpaired) electrons. The minimum Gasteiger partial charge on any atom is -0.329 e. The van der Waals surface area contributed by atoms with E-state index in [1.165, 1.54) is 0 Å². The fourth-order valence-corrected chi connectivity index (χ4v) is 0.293. The molecule has 2 N–H and O–H groups in total. The molecule has 2 nitrogen and oxygen atoms in total. The summed E-state index contributed by atoms with van der Waals surface area (Å²) in [6.45, 7) is 0.474. The summed E-state index contributed by atoms with van der Waals surface area (Å²) < 4.78 is 0. The van der Waals surface area contributed by atoms with Gasteiger partial charge in [-0.05, 0) is 0 Å². The van der Waals surface area contributed by atoms with Gasteiger partial charge in [-0.1, -0.05) is 0 Å². The predicted molar refractivity (Wildman–Crippen MR) is 32.5 cm³/mol. The third kappa shape index (κ3) is 3.82. The standard InChI is InChI=1S/C4H9NOS/c5-3-4(7)1-2-6/h2,4,7H,1,3,5H2. The summed E-state index contributed by atoms with van der Waals surface area (Å²) in [5.41, 5.74) is 5.12. The van der Waals surface area contributed by atoms with Crippen LogP contribution in [0, 0.1) is 0 Å². The second kappa shape index (κ2) is 4.15. The lowest BCUT2D eigenvalue weighted by atomic mass is 10.3. The topological polar surface area (TPSA) is 43.1 Å². The number of thiol groups is 1. The minimum atomic E-state index is 0.0532. The molecule has 0 heterocycles. The first-order valence-electron chi connectivity index (χ1n) is 2.13. The highest BCUT2D eigenvalue weighted by atomic mass is 32.1. The van der Waals surface area contributed by atoms with Gasteiger partial charge in [0.25, 0.3) is 0 Å². The van der Waals surface area contributed by atoms with E-state index >= 15 is 0 Å². The maximum Gasteiger partial charge on any atom is 0.121 e. The Morgan fingerprint density at radius 3 is 2.57 bits per heavy atom. The van der Waals surface area contributed by atoms with Crippen LogP contribution in [0.5, 0.6) is 0 Å². The summed E-state index contributed by atoms with van der Waals surface area (Å²) >= 11 is 3.95. The van der Waals surface area contributed by atoms with Gasteiger partial charge >= 0.3 is 0 Å². The molecule has 1 atom stereocenters. The van der Waals surface area contributed by atoms with Crippen molar-refractivity contribution in [3.05, 3.63) is 0 Å². The predicted octanol–water partition coefficient (Wildman–Crippen LogP) is -0.168. The highest BCUT2D eigenvalue weighted by Gasteiger charge is 1.94. The van der Waals surface area contributed by atoms with E-state index in [2.05, 4.69) is 12.6 Å². The molecule has 0 saturated heterocycles. The molecule has 7 heavy (non-hydrogen) atoms. The van der Waals surface area contributed by atoms with Crippen LogP contribution in [0.1, 0.15) is 6.42 Å². The molecule has 42 valence electrons. The Hall–Kier alpha value is -0.0200. The summed E-state index contributed by atoms with van der Waals surface area (Å²) in [5, 5.41) is 0.0532. The lowest BCUT2D eigenvalue weighted by molar-refractivity contribution is -0.107. The average Bonchev–Trinajstić information content (AvgIpc) is 1.68. The number of hydrogen-bond donors (Lipinski definition) is 2. The molecule has 0 amide bonds. The molecule has 0 aromatic heterocycles. The van der Waals surface area contributed by atoms with Crippen LogP contribution in [-0.2, 0) is 4.79 Å². The first-order chi connectivity index (χ1) is 3.31. The van der Waals surface area contributed by atoms with Crippen LogP contribution in [0.4, 0.5) is 0 Å². The first-order valence-corrected chi connectivity index (χ1v) is 2.64. The Morgan fingerprint density at radius 1 is 1.86 bits per heavy atom. The molecule has 0 aliphatic heterocycles. The summed E-state index contributed by atoms with van der Waals surface area (Å²) in [7, 11) is 0. The van der Waals surface area contributed by atoms with Crippen molar-refractivity contribution in [2.75, 3.05) is 6.54 Å². The number of hydrogen-bond acceptors (Lipinski definition) is 3. The smallest absolute Gasteiger partial charge is 0.121 e. The molecule has 0 aromatic rings. The molecule has 0 fully saturated rings. The maximum atomic E-state index is 9.67. The Morgan fingerprint density at radius 2 is 2.43 bits per heavy atom. The van der Waals surface area contributed by atoms with Crippen molar-refractivity contribution in [3.8, 4) is 0 Å². The Labute approximate surface area is 48.5 Å². The van der Waals surface area contributed by atoms with Gasteiger partial charge in [0.2, 0.25) is 0 Å². The molecule has 1 unspecified atom stereocenters. The van der Waals surface area contributed by atoms with Crippen LogP contribution in [0.15, 0.2) is 0 Å². The van der Waals surface area contributed by atoms with Crippen LogP contribution in [0.3, 0.4) is 0 Å². The summed E-state index contributed by atoms with van der Waals surface area (Å²) in [6.07, 6.45) is 1.28. The molecule has 3 heteroatoms. The van der Waals surface area contributed by atoms with E-state index in [0.717, 1.165) is 6.29 Å². The van der Waals surface area contributed by atoms with Crippen molar-refractivity contribution in [1.82, 2.24) is 0 Å². The molecule has 0 aliphatic rings. The highest BCUT2D eigenvalue weighted by molar-refractivity contribution is 7.81. The molecular weight excluding hydrogens is 110 g/mol. The number of aldehydes is 1. The quantitative estimate of drug-likeness (QED) is 0.400. The van der Waals surface area contributed by atoms with Crippen molar-refractivity contribution >= 4 is 18.9 Å². The monoisotopic (exact) mass is 119 g/mol. The Kier molecular flexibility index (Phi) is 4.14. The van der Waals surface area contributed by atoms with E-state index in [1.54, 1.807) is 0 Å². The van der Waals surface area contributed by atoms with Gasteiger partial charge in [0.1, 0.15) is 6.29 Å². The number of nitrogens with two attached hydrogens (primary N) is 1. The number of carbonyl (C=O) groups is 1. The SMILES string of the molecule is NCC(S)CC=O. The third-order valence-electron chi connectivity index (χ3n) is 0.640. The van der Waals surface area contributed by atoms with Gasteiger partial charge in [0.05, 0.1) is 0 Å². The van der Waals surface area contributed by atoms with Crippen LogP contribution >= 0.6 is 12.6 Å². The molecule has 0 bridgehead atoms. The zero-order chi connectivity index (χ0) is 5.70. The summed E-state index contributed by atoms with van der Waals surface area (Å²) in [4.78, 5) is 9.67. The van der Waals surface area contributed by atoms with Crippen molar-refractivity contribution in [3.63, 3.8) is 0 Å². The molecule has 0 aliphatic carbocycles. The number of rotatable bonds is 3. The van der Waals surface area contributed by atoms with Crippen LogP contribution in [0.25, 0.3) is 0 Å². The van der Waals surface area contributed by atoms with Gasteiger partial charge in [-0.2, -0.15) is 12.6 Å². The van der Waals surface area contributed by atoms with Crippen molar-refractivity contribution < 1.29 is 4.79 Å². The Balaban J connectivity index is 2.98. The summed E-state index contributed by atoms with van der Waals surface area (Å²) in [5.74, 6) is 0. The van der Waals surface area contributed by atoms with Crippen LogP contribution < -0.4 is 5.73 Å². The first kappa shape index (κ1) is 6.98. The lowest BCUT2D eigenvalue weighted by Gasteiger charge is -1.97. The van der Waals surface area contributed by atoms with Crippen LogP contribution in [-0.4, -0.2) is 18.1 Å². The Bertz CT molecular complexity index is 57.7. The van der Waals surface area contributed by atoms with Gasteiger partial charge in [-0.3, -0.25) is 0 Å². The van der Waals surface area contributed by atoms with E-state index in [0.29, 0.717) is 13.0 Å². The van der Waals surface area contributed by atoms with Crippen molar-refractivity contribution in [1.29, 1.82) is 0 Å². The largest absolute Gasteiger partial charge is 0.329 e. The van der Waals surface area contributed by atoms with Gasteiger partial charge in [-0.25, -0.2) is 0 Å². The molecule has 0 aromatic carbocycles. The fourth-order valence-electron chi connectivity index (χ4n) is 0.207. The number of carbonyl (C=O) groups excluding carboxylic acids is 1. The van der Waals surface area contributed by atoms with E-state index in [9.17, 15) is 4.79 Å². The van der Waals surface area contributed by atoms with E-state index in [1.807, 2.05) is 0 Å². The molecular formula is C4H9NOS. The van der Waals surface area contributed by atoms with E-state index < -0.39 is 0 Å². The lowest BCUT2D eigenvalue weighted by Crippen LogP contribution is -2.13. The van der Waals surface area contributed by atoms with Gasteiger partial charge < -0.3 is 10.5 Å². The zero-order valence-electron chi connectivity index (χ0n) is 4.00. The zero-order valence-corrected chi connectivity index (χ0v) is 4.90. The third-order valence-corrected chi connectivity index (χ3v) is 1.06. The second-order valence-corrected chi connectivity index (χ2v) is 2.02. The summed E-state index contributed by atoms with van der Waals surface area (Å²) in [6, 6.07) is 0. The van der Waals surface area contributed by atoms with E-state index in [-0.39, 0.29) is 5.25 Å².